The molecule has 6 nitrogen and oxygen atoms in total. The van der Waals surface area contributed by atoms with E-state index in [4.69, 9.17) is 4.74 Å². The van der Waals surface area contributed by atoms with Crippen LogP contribution in [0.15, 0.2) is 28.8 Å². The molecule has 0 aliphatic carbocycles. The van der Waals surface area contributed by atoms with E-state index in [1.54, 1.807) is 6.07 Å². The first-order valence-electron chi connectivity index (χ1n) is 7.10. The van der Waals surface area contributed by atoms with Gasteiger partial charge in [0.05, 0.1) is 19.8 Å². The number of nitrogens with zero attached hydrogens (tertiary/aromatic N) is 1. The number of hydrogen-bond donors (Lipinski definition) is 2. The fourth-order valence-electron chi connectivity index (χ4n) is 2.30. The molecule has 2 heterocycles. The molecule has 1 aliphatic rings. The first-order valence-corrected chi connectivity index (χ1v) is 7.10. The van der Waals surface area contributed by atoms with E-state index < -0.39 is 18.2 Å². The van der Waals surface area contributed by atoms with Crippen molar-refractivity contribution in [1.82, 2.24) is 10.5 Å². The molecule has 0 radical (unpaired) electrons. The van der Waals surface area contributed by atoms with Crippen molar-refractivity contribution in [1.29, 1.82) is 0 Å². The Hall–Kier alpha value is -2.48. The standard InChI is InChI=1S/C15H15F2N3O3/c16-14(17)13-6-12(20-23-13)7-18-15(21)19-11-2-1-10-8-22-4-3-9(10)5-11/h1-2,5-6,14H,3-4,7-8H2,(H2,18,19,21). The van der Waals surface area contributed by atoms with E-state index in [0.29, 0.717) is 18.9 Å². The number of benzene rings is 1. The van der Waals surface area contributed by atoms with Gasteiger partial charge in [0, 0.05) is 11.8 Å². The van der Waals surface area contributed by atoms with E-state index in [-0.39, 0.29) is 12.2 Å². The monoisotopic (exact) mass is 323 g/mol. The Labute approximate surface area is 130 Å². The summed E-state index contributed by atoms with van der Waals surface area (Å²) < 4.78 is 34.5. The van der Waals surface area contributed by atoms with Crippen molar-refractivity contribution >= 4 is 11.7 Å². The van der Waals surface area contributed by atoms with Crippen LogP contribution in [0.25, 0.3) is 0 Å². The highest BCUT2D eigenvalue weighted by atomic mass is 19.3. The Balaban J connectivity index is 1.54. The molecule has 2 N–H and O–H groups in total. The summed E-state index contributed by atoms with van der Waals surface area (Å²) in [5.74, 6) is -0.515. The van der Waals surface area contributed by atoms with Gasteiger partial charge in [-0.25, -0.2) is 13.6 Å². The average Bonchev–Trinajstić information content (AvgIpc) is 3.02. The minimum atomic E-state index is -2.72. The lowest BCUT2D eigenvalue weighted by molar-refractivity contribution is 0.111. The van der Waals surface area contributed by atoms with Crippen molar-refractivity contribution in [3.63, 3.8) is 0 Å². The molecule has 0 saturated carbocycles. The molecule has 0 saturated heterocycles. The number of ether oxygens (including phenoxy) is 1. The van der Waals surface area contributed by atoms with Gasteiger partial charge in [0.25, 0.3) is 6.43 Å². The second kappa shape index (κ2) is 6.74. The third kappa shape index (κ3) is 3.84. The van der Waals surface area contributed by atoms with Crippen LogP contribution < -0.4 is 10.6 Å². The highest BCUT2D eigenvalue weighted by Gasteiger charge is 2.15. The summed E-state index contributed by atoms with van der Waals surface area (Å²) in [6.07, 6.45) is -1.91. The van der Waals surface area contributed by atoms with Crippen LogP contribution in [0.3, 0.4) is 0 Å². The number of urea groups is 1. The van der Waals surface area contributed by atoms with Crippen LogP contribution in [0.4, 0.5) is 19.3 Å². The fourth-order valence-corrected chi connectivity index (χ4v) is 2.30. The third-order valence-corrected chi connectivity index (χ3v) is 3.46. The molecule has 1 aromatic carbocycles. The van der Waals surface area contributed by atoms with Gasteiger partial charge in [-0.3, -0.25) is 0 Å². The second-order valence-electron chi connectivity index (χ2n) is 5.12. The maximum Gasteiger partial charge on any atom is 0.319 e. The molecule has 2 amide bonds. The number of fused-ring (bicyclic) bond motifs is 1. The van der Waals surface area contributed by atoms with E-state index in [9.17, 15) is 13.6 Å². The minimum Gasteiger partial charge on any atom is -0.376 e. The van der Waals surface area contributed by atoms with Crippen LogP contribution in [0.2, 0.25) is 0 Å². The molecule has 122 valence electrons. The van der Waals surface area contributed by atoms with Gasteiger partial charge in [0.15, 0.2) is 0 Å². The Kier molecular flexibility index (Phi) is 4.52. The average molecular weight is 323 g/mol. The van der Waals surface area contributed by atoms with Gasteiger partial charge in [-0.15, -0.1) is 0 Å². The van der Waals surface area contributed by atoms with Crippen molar-refractivity contribution < 1.29 is 22.8 Å². The fraction of sp³-hybridized carbons (Fsp3) is 0.333. The summed E-state index contributed by atoms with van der Waals surface area (Å²) in [5.41, 5.74) is 3.16. The molecule has 23 heavy (non-hydrogen) atoms. The number of anilines is 1. The maximum atomic E-state index is 12.4. The highest BCUT2D eigenvalue weighted by molar-refractivity contribution is 5.89. The number of carbonyl (C=O) groups excluding carboxylic acids is 1. The van der Waals surface area contributed by atoms with Crippen LogP contribution in [0, 0.1) is 0 Å². The zero-order chi connectivity index (χ0) is 16.2. The maximum absolute atomic E-state index is 12.4. The molecule has 0 unspecified atom stereocenters. The van der Waals surface area contributed by atoms with E-state index >= 15 is 0 Å². The summed E-state index contributed by atoms with van der Waals surface area (Å²) in [6, 6.07) is 6.28. The molecule has 0 spiro atoms. The molecular weight excluding hydrogens is 308 g/mol. The van der Waals surface area contributed by atoms with E-state index in [1.165, 1.54) is 0 Å². The molecule has 0 bridgehead atoms. The van der Waals surface area contributed by atoms with Crippen molar-refractivity contribution in [3.05, 3.63) is 46.8 Å². The molecule has 1 aromatic heterocycles. The van der Waals surface area contributed by atoms with Gasteiger partial charge in [0.1, 0.15) is 5.69 Å². The van der Waals surface area contributed by atoms with Crippen LogP contribution in [-0.4, -0.2) is 17.8 Å². The number of amides is 2. The number of halogens is 2. The van der Waals surface area contributed by atoms with E-state index in [0.717, 1.165) is 23.6 Å². The van der Waals surface area contributed by atoms with Crippen molar-refractivity contribution in [2.75, 3.05) is 11.9 Å². The number of alkyl halides is 2. The smallest absolute Gasteiger partial charge is 0.319 e. The van der Waals surface area contributed by atoms with Gasteiger partial charge < -0.3 is 19.9 Å². The van der Waals surface area contributed by atoms with Crippen molar-refractivity contribution in [3.8, 4) is 0 Å². The normalized spacial score (nSPS) is 13.7. The van der Waals surface area contributed by atoms with Crippen molar-refractivity contribution in [2.24, 2.45) is 0 Å². The van der Waals surface area contributed by atoms with Gasteiger partial charge in [-0.1, -0.05) is 11.2 Å². The zero-order valence-corrected chi connectivity index (χ0v) is 12.1. The van der Waals surface area contributed by atoms with E-state index in [1.807, 2.05) is 12.1 Å². The minimum absolute atomic E-state index is 0.000827. The number of hydrogen-bond acceptors (Lipinski definition) is 4. The Morgan fingerprint density at radius 2 is 2.17 bits per heavy atom. The Bertz CT molecular complexity index is 703. The van der Waals surface area contributed by atoms with Crippen LogP contribution in [-0.2, 0) is 24.3 Å². The third-order valence-electron chi connectivity index (χ3n) is 3.46. The molecule has 0 atom stereocenters. The first kappa shape index (κ1) is 15.4. The molecule has 2 aromatic rings. The predicted molar refractivity (Wildman–Crippen MR) is 77.1 cm³/mol. The van der Waals surface area contributed by atoms with E-state index in [2.05, 4.69) is 20.3 Å². The predicted octanol–water partition coefficient (Wildman–Crippen LogP) is 3.01. The first-order chi connectivity index (χ1) is 11.1. The Morgan fingerprint density at radius 3 is 2.96 bits per heavy atom. The van der Waals surface area contributed by atoms with Gasteiger partial charge >= 0.3 is 6.03 Å². The van der Waals surface area contributed by atoms with Crippen LogP contribution in [0.1, 0.15) is 29.0 Å². The lowest BCUT2D eigenvalue weighted by atomic mass is 10.0. The summed E-state index contributed by atoms with van der Waals surface area (Å²) in [7, 11) is 0. The number of nitrogens with one attached hydrogen (secondary N) is 2. The molecule has 1 aliphatic heterocycles. The van der Waals surface area contributed by atoms with Gasteiger partial charge in [-0.2, -0.15) is 0 Å². The lowest BCUT2D eigenvalue weighted by Crippen LogP contribution is -2.28. The SMILES string of the molecule is O=C(NCc1cc(C(F)F)on1)Nc1ccc2c(c1)CCOC2. The summed E-state index contributed by atoms with van der Waals surface area (Å²) >= 11 is 0. The second-order valence-corrected chi connectivity index (χ2v) is 5.12. The molecule has 3 rings (SSSR count). The highest BCUT2D eigenvalue weighted by Crippen LogP contribution is 2.21. The Morgan fingerprint density at radius 1 is 1.30 bits per heavy atom. The topological polar surface area (TPSA) is 76.4 Å². The largest absolute Gasteiger partial charge is 0.376 e. The summed E-state index contributed by atoms with van der Waals surface area (Å²) in [6.45, 7) is 1.25. The molecule has 0 fully saturated rings. The quantitative estimate of drug-likeness (QED) is 0.907. The zero-order valence-electron chi connectivity index (χ0n) is 12.1. The van der Waals surface area contributed by atoms with Gasteiger partial charge in [-0.05, 0) is 29.7 Å². The lowest BCUT2D eigenvalue weighted by Gasteiger charge is -2.17. The van der Waals surface area contributed by atoms with Gasteiger partial charge in [0.2, 0.25) is 5.76 Å². The molecular formula is C15H15F2N3O3. The van der Waals surface area contributed by atoms with Crippen LogP contribution in [0.5, 0.6) is 0 Å². The number of rotatable bonds is 4. The number of carbonyl (C=O) groups is 1. The summed E-state index contributed by atoms with van der Waals surface area (Å²) in [5, 5.41) is 8.69. The number of aromatic nitrogens is 1. The van der Waals surface area contributed by atoms with Crippen LogP contribution >= 0.6 is 0 Å². The van der Waals surface area contributed by atoms with Crippen molar-refractivity contribution in [2.45, 2.75) is 26.0 Å². The molecule has 8 heteroatoms. The summed E-state index contributed by atoms with van der Waals surface area (Å²) in [4.78, 5) is 11.8.